The van der Waals surface area contributed by atoms with Crippen molar-refractivity contribution in [1.82, 2.24) is 4.57 Å². The average Bonchev–Trinajstić information content (AvgIpc) is 2.79. The molecule has 3 nitrogen and oxygen atoms in total. The van der Waals surface area contributed by atoms with Crippen molar-refractivity contribution >= 4 is 0 Å². The summed E-state index contributed by atoms with van der Waals surface area (Å²) in [5, 5.41) is 17.6. The zero-order chi connectivity index (χ0) is 12.3. The number of aromatic nitrogens is 1. The van der Waals surface area contributed by atoms with Crippen LogP contribution < -0.4 is 0 Å². The summed E-state index contributed by atoms with van der Waals surface area (Å²) in [7, 11) is 0. The Labute approximate surface area is 98.0 Å². The van der Waals surface area contributed by atoms with E-state index in [1.54, 1.807) is 35.0 Å². The molecule has 0 saturated heterocycles. The van der Waals surface area contributed by atoms with Gasteiger partial charge < -0.3 is 4.57 Å². The molecule has 0 radical (unpaired) electrons. The van der Waals surface area contributed by atoms with Gasteiger partial charge in [0.25, 0.3) is 0 Å². The zero-order valence-corrected chi connectivity index (χ0v) is 8.89. The highest BCUT2D eigenvalue weighted by Crippen LogP contribution is 2.12. The molecule has 0 fully saturated rings. The fraction of sp³-hybridized carbons (Fsp3) is 0.0769. The predicted molar refractivity (Wildman–Crippen MR) is 59.4 cm³/mol. The summed E-state index contributed by atoms with van der Waals surface area (Å²) in [5.41, 5.74) is 1.34. The normalized spacial score (nSPS) is 9.59. The van der Waals surface area contributed by atoms with Gasteiger partial charge >= 0.3 is 0 Å². The van der Waals surface area contributed by atoms with Gasteiger partial charge in [0.2, 0.25) is 0 Å². The number of halogens is 1. The summed E-state index contributed by atoms with van der Waals surface area (Å²) >= 11 is 0. The van der Waals surface area contributed by atoms with E-state index in [-0.39, 0.29) is 5.56 Å². The van der Waals surface area contributed by atoms with Crippen molar-refractivity contribution in [2.75, 3.05) is 0 Å². The number of rotatable bonds is 2. The fourth-order valence-corrected chi connectivity index (χ4v) is 1.61. The molecule has 82 valence electrons. The summed E-state index contributed by atoms with van der Waals surface area (Å²) in [4.78, 5) is 0. The molecule has 1 aromatic heterocycles. The van der Waals surface area contributed by atoms with Crippen LogP contribution in [0.1, 0.15) is 16.8 Å². The molecule has 4 heteroatoms. The van der Waals surface area contributed by atoms with Gasteiger partial charge in [0.15, 0.2) is 0 Å². The van der Waals surface area contributed by atoms with E-state index in [0.29, 0.717) is 12.2 Å². The van der Waals surface area contributed by atoms with Crippen molar-refractivity contribution in [2.45, 2.75) is 6.54 Å². The van der Waals surface area contributed by atoms with Crippen LogP contribution in [0.5, 0.6) is 0 Å². The molecule has 0 aliphatic heterocycles. The summed E-state index contributed by atoms with van der Waals surface area (Å²) in [6, 6.07) is 11.7. The van der Waals surface area contributed by atoms with Crippen molar-refractivity contribution in [3.8, 4) is 12.1 Å². The molecule has 0 amide bonds. The molecular formula is C13H8FN3. The summed E-state index contributed by atoms with van der Waals surface area (Å²) < 4.78 is 14.9. The van der Waals surface area contributed by atoms with E-state index >= 15 is 0 Å². The van der Waals surface area contributed by atoms with Gasteiger partial charge in [0.05, 0.1) is 5.56 Å². The molecule has 2 rings (SSSR count). The van der Waals surface area contributed by atoms with E-state index in [9.17, 15) is 4.39 Å². The van der Waals surface area contributed by atoms with Crippen LogP contribution in [0, 0.1) is 28.5 Å². The van der Waals surface area contributed by atoms with Crippen LogP contribution in [0.3, 0.4) is 0 Å². The van der Waals surface area contributed by atoms with Gasteiger partial charge in [-0.1, -0.05) is 6.07 Å². The topological polar surface area (TPSA) is 52.5 Å². The van der Waals surface area contributed by atoms with Gasteiger partial charge in [-0.05, 0) is 29.8 Å². The van der Waals surface area contributed by atoms with E-state index in [4.69, 9.17) is 10.5 Å². The number of nitriles is 2. The smallest absolute Gasteiger partial charge is 0.140 e. The van der Waals surface area contributed by atoms with Crippen molar-refractivity contribution in [3.63, 3.8) is 0 Å². The van der Waals surface area contributed by atoms with Gasteiger partial charge in [-0.25, -0.2) is 4.39 Å². The monoisotopic (exact) mass is 225 g/mol. The summed E-state index contributed by atoms with van der Waals surface area (Å²) in [6.45, 7) is 0.449. The van der Waals surface area contributed by atoms with Crippen molar-refractivity contribution in [2.24, 2.45) is 0 Å². The van der Waals surface area contributed by atoms with Crippen LogP contribution in [-0.4, -0.2) is 4.57 Å². The minimum Gasteiger partial charge on any atom is -0.335 e. The molecule has 17 heavy (non-hydrogen) atoms. The Kier molecular flexibility index (Phi) is 2.89. The lowest BCUT2D eigenvalue weighted by Crippen LogP contribution is -2.01. The number of nitrogens with zero attached hydrogens (tertiary/aromatic N) is 3. The fourth-order valence-electron chi connectivity index (χ4n) is 1.61. The van der Waals surface area contributed by atoms with Crippen LogP contribution in [0.15, 0.2) is 36.5 Å². The Balaban J connectivity index is 2.32. The first-order chi connectivity index (χ1) is 8.24. The lowest BCUT2D eigenvalue weighted by atomic mass is 10.1. The Bertz CT molecular complexity index is 629. The SMILES string of the molecule is N#Cc1cc(Cn2cccc2C#N)ccc1F. The van der Waals surface area contributed by atoms with Gasteiger partial charge in [0, 0.05) is 12.7 Å². The third-order valence-electron chi connectivity index (χ3n) is 2.45. The average molecular weight is 225 g/mol. The quantitative estimate of drug-likeness (QED) is 0.788. The largest absolute Gasteiger partial charge is 0.335 e. The first kappa shape index (κ1) is 10.9. The van der Waals surface area contributed by atoms with Crippen molar-refractivity contribution < 1.29 is 4.39 Å². The van der Waals surface area contributed by atoms with E-state index in [1.807, 2.05) is 0 Å². The van der Waals surface area contributed by atoms with E-state index in [1.165, 1.54) is 12.1 Å². The second kappa shape index (κ2) is 4.51. The molecule has 0 N–H and O–H groups in total. The van der Waals surface area contributed by atoms with Crippen LogP contribution in [0.2, 0.25) is 0 Å². The Morgan fingerprint density at radius 2 is 2.00 bits per heavy atom. The molecule has 1 aromatic carbocycles. The number of hydrogen-bond donors (Lipinski definition) is 0. The minimum atomic E-state index is -0.524. The molecule has 0 atom stereocenters. The van der Waals surface area contributed by atoms with Crippen LogP contribution in [0.25, 0.3) is 0 Å². The van der Waals surface area contributed by atoms with Crippen LogP contribution in [0.4, 0.5) is 4.39 Å². The lowest BCUT2D eigenvalue weighted by Gasteiger charge is -2.05. The standard InChI is InChI=1S/C13H8FN3/c14-13-4-3-10(6-11(13)7-15)9-17-5-1-2-12(17)8-16/h1-6H,9H2. The van der Waals surface area contributed by atoms with Crippen molar-refractivity contribution in [3.05, 3.63) is 59.2 Å². The molecule has 0 aliphatic carbocycles. The van der Waals surface area contributed by atoms with Crippen LogP contribution in [-0.2, 0) is 6.54 Å². The highest BCUT2D eigenvalue weighted by molar-refractivity contribution is 5.35. The maximum Gasteiger partial charge on any atom is 0.140 e. The zero-order valence-electron chi connectivity index (χ0n) is 8.89. The molecule has 2 aromatic rings. The van der Waals surface area contributed by atoms with Gasteiger partial charge in [-0.15, -0.1) is 0 Å². The first-order valence-corrected chi connectivity index (χ1v) is 4.98. The third kappa shape index (κ3) is 2.16. The first-order valence-electron chi connectivity index (χ1n) is 4.98. The Morgan fingerprint density at radius 3 is 2.71 bits per heavy atom. The summed E-state index contributed by atoms with van der Waals surface area (Å²) in [6.07, 6.45) is 1.77. The van der Waals surface area contributed by atoms with Crippen LogP contribution >= 0.6 is 0 Å². The maximum atomic E-state index is 13.1. The highest BCUT2D eigenvalue weighted by atomic mass is 19.1. The number of benzene rings is 1. The second-order valence-electron chi connectivity index (χ2n) is 3.56. The summed E-state index contributed by atoms with van der Waals surface area (Å²) in [5.74, 6) is -0.524. The molecule has 0 aliphatic rings. The van der Waals surface area contributed by atoms with Gasteiger partial charge in [0.1, 0.15) is 23.6 Å². The second-order valence-corrected chi connectivity index (χ2v) is 3.56. The number of hydrogen-bond acceptors (Lipinski definition) is 2. The Hall–Kier alpha value is -2.59. The molecule has 1 heterocycles. The molecule has 0 saturated carbocycles. The van der Waals surface area contributed by atoms with Gasteiger partial charge in [-0.3, -0.25) is 0 Å². The van der Waals surface area contributed by atoms with Crippen molar-refractivity contribution in [1.29, 1.82) is 10.5 Å². The molecular weight excluding hydrogens is 217 g/mol. The predicted octanol–water partition coefficient (Wildman–Crippen LogP) is 2.42. The van der Waals surface area contributed by atoms with E-state index in [2.05, 4.69) is 6.07 Å². The molecule has 0 bridgehead atoms. The lowest BCUT2D eigenvalue weighted by molar-refractivity contribution is 0.622. The molecule has 0 unspecified atom stereocenters. The maximum absolute atomic E-state index is 13.1. The van der Waals surface area contributed by atoms with Gasteiger partial charge in [-0.2, -0.15) is 10.5 Å². The highest BCUT2D eigenvalue weighted by Gasteiger charge is 2.05. The molecule has 0 spiro atoms. The Morgan fingerprint density at radius 1 is 1.18 bits per heavy atom. The third-order valence-corrected chi connectivity index (χ3v) is 2.45. The van der Waals surface area contributed by atoms with E-state index < -0.39 is 5.82 Å². The minimum absolute atomic E-state index is 0.0214. The van der Waals surface area contributed by atoms with E-state index in [0.717, 1.165) is 5.56 Å².